The lowest BCUT2D eigenvalue weighted by molar-refractivity contribution is -0.0544. The molecule has 0 radical (unpaired) electrons. The minimum Gasteiger partial charge on any atom is -0.450 e. The minimum absolute atomic E-state index is 0.0374. The molecule has 55 heavy (non-hydrogen) atoms. The zero-order valence-corrected chi connectivity index (χ0v) is 36.3. The Bertz CT molecular complexity index is 1690. The van der Waals surface area contributed by atoms with Gasteiger partial charge >= 0.3 is 35.3 Å². The first-order valence-electron chi connectivity index (χ1n) is 16.2. The number of phosphoric ester groups is 1. The van der Waals surface area contributed by atoms with Crippen LogP contribution < -0.4 is 16.7 Å². The number of nitrogen functional groups attached to an aromatic ring is 1. The molecule has 0 aliphatic carbocycles. The highest BCUT2D eigenvalue weighted by atomic mass is 33.1. The number of alkyl carbamates (subject to hydrolysis) is 1. The van der Waals surface area contributed by atoms with Crippen LogP contribution in [0.4, 0.5) is 10.6 Å². The fraction of sp³-hybridized carbons (Fsp3) is 0.741. The van der Waals surface area contributed by atoms with Gasteiger partial charge in [-0.3, -0.25) is 9.09 Å². The number of anilines is 1. The first-order chi connectivity index (χ1) is 25.7. The molecule has 3 unspecified atom stereocenters. The quantitative estimate of drug-likeness (QED) is 0.0270. The average Bonchev–Trinajstić information content (AvgIpc) is 3.48. The number of hydrogen-bond acceptors (Lipinski definition) is 18. The number of carbonyl (C=O) groups excluding carboxylic acids is 1. The van der Waals surface area contributed by atoms with E-state index in [1.165, 1.54) is 6.20 Å². The summed E-state index contributed by atoms with van der Waals surface area (Å²) in [6.45, 7) is 6.58. The Morgan fingerprint density at radius 2 is 1.89 bits per heavy atom. The van der Waals surface area contributed by atoms with E-state index < -0.39 is 69.7 Å². The molecule has 2 rings (SSSR count). The Hall–Kier alpha value is -0.970. The van der Waals surface area contributed by atoms with Crippen LogP contribution in [0.5, 0.6) is 0 Å². The van der Waals surface area contributed by atoms with E-state index in [2.05, 4.69) is 44.6 Å². The Labute approximate surface area is 333 Å². The van der Waals surface area contributed by atoms with E-state index in [1.807, 2.05) is 6.92 Å². The van der Waals surface area contributed by atoms with Crippen molar-refractivity contribution in [3.05, 3.63) is 22.2 Å². The zero-order valence-electron chi connectivity index (χ0n) is 30.3. The van der Waals surface area contributed by atoms with Gasteiger partial charge in [-0.1, -0.05) is 49.8 Å². The predicted molar refractivity (Wildman–Crippen MR) is 208 cm³/mol. The first kappa shape index (κ1) is 50.2. The zero-order chi connectivity index (χ0) is 41.3. The summed E-state index contributed by atoms with van der Waals surface area (Å²) in [7, 11) is -12.4. The number of methoxy groups -OCH3 is 1. The summed E-state index contributed by atoms with van der Waals surface area (Å²) in [5.74, 6) is 6.40. The van der Waals surface area contributed by atoms with Gasteiger partial charge in [0.1, 0.15) is 24.1 Å². The van der Waals surface area contributed by atoms with E-state index >= 15 is 0 Å². The van der Waals surface area contributed by atoms with Gasteiger partial charge in [0.2, 0.25) is 0 Å². The van der Waals surface area contributed by atoms with Crippen molar-refractivity contribution in [2.24, 2.45) is 0 Å². The van der Waals surface area contributed by atoms with Gasteiger partial charge in [-0.2, -0.15) is 13.6 Å². The molecule has 28 heteroatoms. The number of nitrogens with two attached hydrogens (primary N) is 1. The van der Waals surface area contributed by atoms with Gasteiger partial charge < -0.3 is 54.3 Å². The molecule has 2 heterocycles. The molecule has 1 aromatic rings. The van der Waals surface area contributed by atoms with Gasteiger partial charge in [-0.15, -0.1) is 0 Å². The molecular formula is C27H47N4O17P3S4. The molecule has 1 aliphatic heterocycles. The van der Waals surface area contributed by atoms with Crippen molar-refractivity contribution in [3.63, 3.8) is 0 Å². The van der Waals surface area contributed by atoms with Crippen molar-refractivity contribution in [3.8, 4) is 11.8 Å². The smallest absolute Gasteiger partial charge is 0.450 e. The van der Waals surface area contributed by atoms with Crippen LogP contribution in [0, 0.1) is 11.8 Å². The Kier molecular flexibility index (Phi) is 22.1. The molecule has 6 atom stereocenters. The standard InChI is InChI=1S/C27H47N4O17P3S4/c1-5-55(52)19-44-21-15-23(46-22(21)17-45-50(37,38)48-51(39,40)47-49(34,35)36)31-16-20(24(28)30-25(31)32)9-8-11-29-26(33)43-13-7-6-12-42-18-53-54-27(2,3)10-14-41-4/h16,21-23H,5-7,10-15,17-19H2,1-4H3,(H,29,33)(H,37,38)(H,39,40)(H2,28,30,32)(H2,34,35,36)/t21-,22+,23+,55?/m0/s1. The highest BCUT2D eigenvalue weighted by Gasteiger charge is 2.43. The fourth-order valence-corrected chi connectivity index (χ4v) is 10.1. The number of aromatic nitrogens is 2. The average molecular weight is 921 g/mol. The topological polar surface area (TPSA) is 296 Å². The number of unbranched alkanes of at least 4 members (excludes halogenated alkanes) is 1. The van der Waals surface area contributed by atoms with Crippen molar-refractivity contribution in [2.75, 3.05) is 63.4 Å². The molecular weight excluding hydrogens is 873 g/mol. The van der Waals surface area contributed by atoms with Crippen molar-refractivity contribution < 1.29 is 74.9 Å². The van der Waals surface area contributed by atoms with Gasteiger partial charge in [-0.05, 0) is 50.1 Å². The van der Waals surface area contributed by atoms with Crippen LogP contribution >= 0.6 is 45.1 Å². The van der Waals surface area contributed by atoms with Crippen LogP contribution in [0.25, 0.3) is 0 Å². The second-order valence-electron chi connectivity index (χ2n) is 11.8. The molecule has 1 saturated heterocycles. The molecule has 1 amide bonds. The summed E-state index contributed by atoms with van der Waals surface area (Å²) in [6.07, 6.45) is -0.450. The van der Waals surface area contributed by atoms with E-state index in [4.69, 9.17) is 54.9 Å². The Morgan fingerprint density at radius 3 is 2.56 bits per heavy atom. The van der Waals surface area contributed by atoms with Crippen LogP contribution in [0.1, 0.15) is 58.2 Å². The lowest BCUT2D eigenvalue weighted by Crippen LogP contribution is -2.30. The molecule has 0 saturated carbocycles. The second-order valence-corrected chi connectivity index (χ2v) is 22.2. The maximum atomic E-state index is 12.8. The van der Waals surface area contributed by atoms with Gasteiger partial charge in [0.15, 0.2) is 0 Å². The van der Waals surface area contributed by atoms with Crippen LogP contribution in [0.3, 0.4) is 0 Å². The third-order valence-electron chi connectivity index (χ3n) is 6.81. The normalized spacial score (nSPS) is 20.2. The van der Waals surface area contributed by atoms with E-state index in [1.54, 1.807) is 28.7 Å². The molecule has 21 nitrogen and oxygen atoms in total. The Balaban J connectivity index is 1.92. The summed E-state index contributed by atoms with van der Waals surface area (Å²) >= 11 is 5.30. The molecule has 0 aromatic carbocycles. The molecule has 1 aromatic heterocycles. The van der Waals surface area contributed by atoms with Gasteiger partial charge in [-0.25, -0.2) is 23.3 Å². The van der Waals surface area contributed by atoms with Crippen molar-refractivity contribution >= 4 is 77.6 Å². The number of hydrogen-bond donors (Lipinski definition) is 6. The van der Waals surface area contributed by atoms with Gasteiger partial charge in [0.05, 0.1) is 37.4 Å². The first-order valence-corrected chi connectivity index (χ1v) is 25.5. The summed E-state index contributed by atoms with van der Waals surface area (Å²) in [5.41, 5.74) is 5.16. The third kappa shape index (κ3) is 21.0. The molecule has 0 bridgehead atoms. The largest absolute Gasteiger partial charge is 0.490 e. The lowest BCUT2D eigenvalue weighted by atomic mass is 10.1. The number of ether oxygens (including phenoxy) is 5. The highest BCUT2D eigenvalue weighted by Crippen LogP contribution is 2.66. The predicted octanol–water partition coefficient (Wildman–Crippen LogP) is 2.93. The van der Waals surface area contributed by atoms with E-state index in [0.717, 1.165) is 11.0 Å². The number of rotatable bonds is 25. The number of nitrogens with one attached hydrogen (secondary N) is 1. The van der Waals surface area contributed by atoms with Gasteiger partial charge in [0, 0.05) is 37.7 Å². The number of phosphoric acid groups is 3. The van der Waals surface area contributed by atoms with E-state index in [0.29, 0.717) is 37.7 Å². The van der Waals surface area contributed by atoms with Crippen LogP contribution in [-0.4, -0.2) is 110 Å². The minimum atomic E-state index is -5.76. The van der Waals surface area contributed by atoms with Crippen LogP contribution in [-0.2, 0) is 71.2 Å². The maximum Gasteiger partial charge on any atom is 0.490 e. The van der Waals surface area contributed by atoms with Crippen molar-refractivity contribution in [1.29, 1.82) is 0 Å². The summed E-state index contributed by atoms with van der Waals surface area (Å²) in [6, 6.07) is 0. The number of amides is 1. The highest BCUT2D eigenvalue weighted by molar-refractivity contribution is 8.77. The van der Waals surface area contributed by atoms with Crippen molar-refractivity contribution in [1.82, 2.24) is 14.9 Å². The number of carbonyl (C=O) groups is 1. The van der Waals surface area contributed by atoms with E-state index in [-0.39, 0.29) is 41.6 Å². The lowest BCUT2D eigenvalue weighted by Gasteiger charge is -2.22. The summed E-state index contributed by atoms with van der Waals surface area (Å²) < 4.78 is 75.8. The molecule has 7 N–H and O–H groups in total. The SMILES string of the molecule is CCS(=S)CO[C@H]1C[C@H](n2cc(C#CCNC(=O)OCCCCOCSSC(C)(C)CCOC)c(N)nc2=O)O[C@@H]1COP(=O)(O)OP(=O)(O)OP(=O)(O)O. The fourth-order valence-electron chi connectivity index (χ4n) is 4.14. The van der Waals surface area contributed by atoms with E-state index in [9.17, 15) is 33.1 Å². The second kappa shape index (κ2) is 24.2. The maximum absolute atomic E-state index is 12.8. The summed E-state index contributed by atoms with van der Waals surface area (Å²) in [5, 5.41) is 2.48. The van der Waals surface area contributed by atoms with Crippen molar-refractivity contribution in [2.45, 2.75) is 69.6 Å². The summed E-state index contributed by atoms with van der Waals surface area (Å²) in [4.78, 5) is 65.5. The van der Waals surface area contributed by atoms with Gasteiger partial charge in [0.25, 0.3) is 0 Å². The Morgan fingerprint density at radius 1 is 1.18 bits per heavy atom. The molecule has 1 aliphatic rings. The van der Waals surface area contributed by atoms with Crippen LogP contribution in [0.2, 0.25) is 0 Å². The molecule has 0 spiro atoms. The van der Waals surface area contributed by atoms with Crippen LogP contribution in [0.15, 0.2) is 11.0 Å². The monoisotopic (exact) mass is 920 g/mol. The molecule has 316 valence electrons. The molecule has 1 fully saturated rings. The number of nitrogens with zero attached hydrogens (tertiary/aromatic N) is 2. The third-order valence-corrected chi connectivity index (χ3v) is 15.7.